The van der Waals surface area contributed by atoms with E-state index < -0.39 is 28.3 Å². The van der Waals surface area contributed by atoms with Crippen LogP contribution in [0.1, 0.15) is 15.9 Å². The van der Waals surface area contributed by atoms with Crippen molar-refractivity contribution >= 4 is 27.4 Å². The molecule has 0 radical (unpaired) electrons. The number of sulfone groups is 1. The Balaban J connectivity index is 2.15. The number of amides is 1. The molecule has 0 saturated heterocycles. The van der Waals surface area contributed by atoms with Crippen molar-refractivity contribution in [2.75, 3.05) is 24.3 Å². The smallest absolute Gasteiger partial charge is 0.338 e. The van der Waals surface area contributed by atoms with Crippen molar-refractivity contribution in [1.82, 2.24) is 0 Å². The lowest BCUT2D eigenvalue weighted by Gasteiger charge is -2.19. The number of aryl methyl sites for hydroxylation is 1. The Kier molecular flexibility index (Phi) is 6.32. The van der Waals surface area contributed by atoms with Crippen LogP contribution in [0.4, 0.5) is 5.69 Å². The molecule has 0 aliphatic heterocycles. The lowest BCUT2D eigenvalue weighted by molar-refractivity contribution is -0.121. The maximum Gasteiger partial charge on any atom is 0.338 e. The largest absolute Gasteiger partial charge is 0.452 e. The van der Waals surface area contributed by atoms with Crippen LogP contribution in [0.15, 0.2) is 53.4 Å². The standard InChI is InChI=1S/C19H18N2O5S/c1-14-8-9-16(27(2,24)25)12-17(14)19(23)26-13-18(22)21(11-10-20)15-6-4-3-5-7-15/h3-9,12H,11,13H2,1-2H3. The molecule has 0 unspecified atom stereocenters. The maximum absolute atomic E-state index is 12.4. The van der Waals surface area contributed by atoms with Crippen LogP contribution in [0.2, 0.25) is 0 Å². The number of anilines is 1. The minimum absolute atomic E-state index is 0.0123. The number of nitrogens with zero attached hydrogens (tertiary/aromatic N) is 2. The van der Waals surface area contributed by atoms with Gasteiger partial charge in [0.2, 0.25) is 0 Å². The second-order valence-electron chi connectivity index (χ2n) is 5.80. The molecule has 0 aliphatic rings. The molecule has 27 heavy (non-hydrogen) atoms. The topological polar surface area (TPSA) is 105 Å². The highest BCUT2D eigenvalue weighted by atomic mass is 32.2. The Labute approximate surface area is 157 Å². The third kappa shape index (κ3) is 5.15. The highest BCUT2D eigenvalue weighted by Crippen LogP contribution is 2.17. The van der Waals surface area contributed by atoms with Crippen molar-refractivity contribution in [3.05, 3.63) is 59.7 Å². The number of rotatable bonds is 6. The first-order valence-corrected chi connectivity index (χ1v) is 9.83. The van der Waals surface area contributed by atoms with Crippen molar-refractivity contribution in [3.8, 4) is 6.07 Å². The van der Waals surface area contributed by atoms with Gasteiger partial charge in [0.05, 0.1) is 16.5 Å². The fourth-order valence-corrected chi connectivity index (χ4v) is 2.98. The number of hydrogen-bond acceptors (Lipinski definition) is 6. The second-order valence-corrected chi connectivity index (χ2v) is 7.81. The van der Waals surface area contributed by atoms with Crippen LogP contribution in [-0.2, 0) is 19.4 Å². The van der Waals surface area contributed by atoms with E-state index in [4.69, 9.17) is 10.00 Å². The Morgan fingerprint density at radius 3 is 2.41 bits per heavy atom. The summed E-state index contributed by atoms with van der Waals surface area (Å²) in [7, 11) is -3.48. The highest BCUT2D eigenvalue weighted by molar-refractivity contribution is 7.90. The zero-order valence-corrected chi connectivity index (χ0v) is 15.7. The molecule has 2 aromatic carbocycles. The number of para-hydroxylation sites is 1. The lowest BCUT2D eigenvalue weighted by Crippen LogP contribution is -2.35. The van der Waals surface area contributed by atoms with Gasteiger partial charge in [-0.25, -0.2) is 13.2 Å². The fourth-order valence-electron chi connectivity index (χ4n) is 2.34. The number of benzene rings is 2. The molecular weight excluding hydrogens is 368 g/mol. The summed E-state index contributed by atoms with van der Waals surface area (Å²) in [4.78, 5) is 25.9. The first-order chi connectivity index (χ1) is 12.7. The monoisotopic (exact) mass is 386 g/mol. The number of esters is 1. The number of carbonyl (C=O) groups excluding carboxylic acids is 2. The molecule has 2 rings (SSSR count). The van der Waals surface area contributed by atoms with Gasteiger partial charge in [-0.3, -0.25) is 9.69 Å². The van der Waals surface area contributed by atoms with E-state index in [1.807, 2.05) is 6.07 Å². The molecule has 0 N–H and O–H groups in total. The van der Waals surface area contributed by atoms with Crippen LogP contribution >= 0.6 is 0 Å². The van der Waals surface area contributed by atoms with Crippen molar-refractivity contribution in [3.63, 3.8) is 0 Å². The van der Waals surface area contributed by atoms with E-state index in [2.05, 4.69) is 0 Å². The third-order valence-corrected chi connectivity index (χ3v) is 4.89. The summed E-state index contributed by atoms with van der Waals surface area (Å²) < 4.78 is 28.4. The number of hydrogen-bond donors (Lipinski definition) is 0. The molecule has 0 atom stereocenters. The molecule has 2 aromatic rings. The minimum Gasteiger partial charge on any atom is -0.452 e. The van der Waals surface area contributed by atoms with Gasteiger partial charge in [0.25, 0.3) is 5.91 Å². The van der Waals surface area contributed by atoms with Crippen LogP contribution in [0.25, 0.3) is 0 Å². The number of ether oxygens (including phenoxy) is 1. The molecule has 8 heteroatoms. The molecular formula is C19H18N2O5S. The second kappa shape index (κ2) is 8.47. The molecule has 140 valence electrons. The molecule has 0 fully saturated rings. The first kappa shape index (κ1) is 20.1. The lowest BCUT2D eigenvalue weighted by atomic mass is 10.1. The molecule has 0 aromatic heterocycles. The van der Waals surface area contributed by atoms with Crippen molar-refractivity contribution in [2.45, 2.75) is 11.8 Å². The fraction of sp³-hybridized carbons (Fsp3) is 0.211. The zero-order valence-electron chi connectivity index (χ0n) is 14.9. The Hall–Kier alpha value is -3.18. The van der Waals surface area contributed by atoms with Gasteiger partial charge in [-0.1, -0.05) is 24.3 Å². The summed E-state index contributed by atoms with van der Waals surface area (Å²) in [5.41, 5.74) is 1.10. The highest BCUT2D eigenvalue weighted by Gasteiger charge is 2.20. The summed E-state index contributed by atoms with van der Waals surface area (Å²) in [6, 6.07) is 14.6. The van der Waals surface area contributed by atoms with Gasteiger partial charge in [-0.15, -0.1) is 0 Å². The van der Waals surface area contributed by atoms with E-state index in [1.54, 1.807) is 37.3 Å². The summed E-state index contributed by atoms with van der Waals surface area (Å²) in [6.07, 6.45) is 1.04. The van der Waals surface area contributed by atoms with Gasteiger partial charge >= 0.3 is 5.97 Å². The summed E-state index contributed by atoms with van der Waals surface area (Å²) in [6.45, 7) is 0.872. The predicted molar refractivity (Wildman–Crippen MR) is 99.0 cm³/mol. The van der Waals surface area contributed by atoms with E-state index in [-0.39, 0.29) is 17.0 Å². The maximum atomic E-state index is 12.4. The average Bonchev–Trinajstić information content (AvgIpc) is 2.64. The van der Waals surface area contributed by atoms with E-state index in [0.29, 0.717) is 11.3 Å². The van der Waals surface area contributed by atoms with Crippen LogP contribution in [0, 0.1) is 18.3 Å². The normalized spacial score (nSPS) is 10.7. The molecule has 7 nitrogen and oxygen atoms in total. The van der Waals surface area contributed by atoms with E-state index in [1.165, 1.54) is 23.1 Å². The molecule has 0 saturated carbocycles. The summed E-state index contributed by atoms with van der Waals surface area (Å²) in [5, 5.41) is 8.94. The molecule has 0 bridgehead atoms. The molecule has 0 spiro atoms. The zero-order chi connectivity index (χ0) is 20.0. The Morgan fingerprint density at radius 2 is 1.81 bits per heavy atom. The van der Waals surface area contributed by atoms with E-state index >= 15 is 0 Å². The van der Waals surface area contributed by atoms with Crippen LogP contribution < -0.4 is 4.90 Å². The molecule has 0 heterocycles. The minimum atomic E-state index is -3.48. The summed E-state index contributed by atoms with van der Waals surface area (Å²) in [5.74, 6) is -1.37. The molecule has 1 amide bonds. The van der Waals surface area contributed by atoms with Crippen LogP contribution in [-0.4, -0.2) is 39.7 Å². The average molecular weight is 386 g/mol. The van der Waals surface area contributed by atoms with Crippen LogP contribution in [0.5, 0.6) is 0 Å². The first-order valence-electron chi connectivity index (χ1n) is 7.94. The third-order valence-electron chi connectivity index (χ3n) is 3.78. The number of nitriles is 1. The number of carbonyl (C=O) groups is 2. The van der Waals surface area contributed by atoms with Gasteiger partial charge in [-0.2, -0.15) is 5.26 Å². The Bertz CT molecular complexity index is 995. The van der Waals surface area contributed by atoms with Crippen molar-refractivity contribution in [2.24, 2.45) is 0 Å². The van der Waals surface area contributed by atoms with Gasteiger partial charge in [0.15, 0.2) is 16.4 Å². The predicted octanol–water partition coefficient (Wildman–Crippen LogP) is 2.11. The van der Waals surface area contributed by atoms with Crippen molar-refractivity contribution < 1.29 is 22.7 Å². The Morgan fingerprint density at radius 1 is 1.15 bits per heavy atom. The van der Waals surface area contributed by atoms with Crippen molar-refractivity contribution in [1.29, 1.82) is 5.26 Å². The molecule has 0 aliphatic carbocycles. The van der Waals surface area contributed by atoms with Gasteiger partial charge in [0.1, 0.15) is 6.54 Å². The van der Waals surface area contributed by atoms with Gasteiger partial charge in [-0.05, 0) is 36.8 Å². The van der Waals surface area contributed by atoms with E-state index in [0.717, 1.165) is 6.26 Å². The summed E-state index contributed by atoms with van der Waals surface area (Å²) >= 11 is 0. The van der Waals surface area contributed by atoms with Gasteiger partial charge < -0.3 is 4.74 Å². The van der Waals surface area contributed by atoms with Crippen LogP contribution in [0.3, 0.4) is 0 Å². The quantitative estimate of drug-likeness (QED) is 0.556. The SMILES string of the molecule is Cc1ccc(S(C)(=O)=O)cc1C(=O)OCC(=O)N(CC#N)c1ccccc1. The van der Waals surface area contributed by atoms with Gasteiger partial charge in [0, 0.05) is 11.9 Å². The van der Waals surface area contributed by atoms with E-state index in [9.17, 15) is 18.0 Å².